The maximum atomic E-state index is 11.1. The van der Waals surface area contributed by atoms with E-state index in [9.17, 15) is 4.79 Å². The van der Waals surface area contributed by atoms with Crippen LogP contribution in [0.3, 0.4) is 0 Å². The highest BCUT2D eigenvalue weighted by Crippen LogP contribution is 2.24. The van der Waals surface area contributed by atoms with Crippen molar-refractivity contribution in [2.45, 2.75) is 26.6 Å². The molecule has 0 spiro atoms. The van der Waals surface area contributed by atoms with Crippen LogP contribution >= 0.6 is 11.3 Å². The molecule has 0 saturated heterocycles. The highest BCUT2D eigenvalue weighted by atomic mass is 32.1. The van der Waals surface area contributed by atoms with E-state index in [1.807, 2.05) is 6.07 Å². The molecule has 1 aromatic heterocycles. The number of carbonyl (C=O) groups is 1. The molecule has 92 valence electrons. The van der Waals surface area contributed by atoms with Gasteiger partial charge in [0.05, 0.1) is 11.5 Å². The first-order valence-electron chi connectivity index (χ1n) is 5.38. The minimum absolute atomic E-state index is 0.312. The molecule has 0 bridgehead atoms. The molecule has 0 unspecified atom stereocenters. The maximum Gasteiger partial charge on any atom is 0.514 e. The Bertz CT molecular complexity index is 448. The van der Waals surface area contributed by atoms with Gasteiger partial charge in [0.1, 0.15) is 8.07 Å². The lowest BCUT2D eigenvalue weighted by Crippen LogP contribution is -2.16. The van der Waals surface area contributed by atoms with Crippen molar-refractivity contribution in [1.29, 1.82) is 0 Å². The van der Waals surface area contributed by atoms with Crippen molar-refractivity contribution in [2.75, 3.05) is 6.61 Å². The van der Waals surface area contributed by atoms with E-state index in [4.69, 9.17) is 4.74 Å². The summed E-state index contributed by atoms with van der Waals surface area (Å²) < 4.78 is 9.65. The number of hydrogen-bond donors (Lipinski definition) is 0. The second-order valence-electron chi connectivity index (χ2n) is 4.40. The molecular weight excluding hydrogens is 252 g/mol. The third kappa shape index (κ3) is 5.57. The molecule has 0 fully saturated rings. The smallest absolute Gasteiger partial charge is 0.434 e. The molecule has 0 aliphatic rings. The molecule has 17 heavy (non-hydrogen) atoms. The Hall–Kier alpha value is -1.25. The zero-order valence-electron chi connectivity index (χ0n) is 10.5. The van der Waals surface area contributed by atoms with Crippen LogP contribution in [0.5, 0.6) is 5.06 Å². The fraction of sp³-hybridized carbons (Fsp3) is 0.417. The minimum atomic E-state index is -1.36. The molecule has 0 radical (unpaired) electrons. The van der Waals surface area contributed by atoms with Crippen LogP contribution in [0, 0.1) is 11.5 Å². The van der Waals surface area contributed by atoms with Gasteiger partial charge in [0.25, 0.3) is 0 Å². The molecule has 0 saturated carbocycles. The van der Waals surface area contributed by atoms with Gasteiger partial charge in [0.2, 0.25) is 0 Å². The molecule has 0 atom stereocenters. The topological polar surface area (TPSA) is 35.5 Å². The largest absolute Gasteiger partial charge is 0.514 e. The fourth-order valence-electron chi connectivity index (χ4n) is 0.921. The second kappa shape index (κ2) is 5.89. The number of ether oxygens (including phenoxy) is 2. The molecule has 0 aliphatic carbocycles. The van der Waals surface area contributed by atoms with E-state index in [-0.39, 0.29) is 0 Å². The van der Waals surface area contributed by atoms with E-state index in [2.05, 4.69) is 35.8 Å². The second-order valence-corrected chi connectivity index (χ2v) is 10.2. The SMILES string of the molecule is CCOC(=O)Oc1ccc(C#C[Si](C)(C)C)s1. The van der Waals surface area contributed by atoms with Gasteiger partial charge < -0.3 is 9.47 Å². The van der Waals surface area contributed by atoms with Gasteiger partial charge in [-0.2, -0.15) is 0 Å². The normalized spacial score (nSPS) is 10.4. The van der Waals surface area contributed by atoms with Crippen LogP contribution in [0.25, 0.3) is 0 Å². The maximum absolute atomic E-state index is 11.1. The number of thiophene rings is 1. The molecule has 1 heterocycles. The van der Waals surface area contributed by atoms with Crippen LogP contribution in [-0.2, 0) is 4.74 Å². The van der Waals surface area contributed by atoms with Gasteiger partial charge in [-0.15, -0.1) is 5.54 Å². The van der Waals surface area contributed by atoms with E-state index < -0.39 is 14.2 Å². The lowest BCUT2D eigenvalue weighted by molar-refractivity contribution is 0.105. The van der Waals surface area contributed by atoms with Crippen LogP contribution in [0.1, 0.15) is 11.8 Å². The van der Waals surface area contributed by atoms with Crippen molar-refractivity contribution in [1.82, 2.24) is 0 Å². The zero-order valence-corrected chi connectivity index (χ0v) is 12.3. The van der Waals surface area contributed by atoms with Crippen molar-refractivity contribution in [2.24, 2.45) is 0 Å². The van der Waals surface area contributed by atoms with Crippen molar-refractivity contribution < 1.29 is 14.3 Å². The standard InChI is InChI=1S/C12H16O3SSi/c1-5-14-12(13)15-11-7-6-10(16-11)8-9-17(2,3)4/h6-7H,5H2,1-4H3. The van der Waals surface area contributed by atoms with Crippen LogP contribution < -0.4 is 4.74 Å². The quantitative estimate of drug-likeness (QED) is 0.468. The summed E-state index contributed by atoms with van der Waals surface area (Å²) in [6.07, 6.45) is -0.668. The number of carbonyl (C=O) groups excluding carboxylic acids is 1. The summed E-state index contributed by atoms with van der Waals surface area (Å²) >= 11 is 1.35. The molecule has 1 aromatic rings. The van der Waals surface area contributed by atoms with Gasteiger partial charge >= 0.3 is 6.16 Å². The number of hydrogen-bond acceptors (Lipinski definition) is 4. The zero-order chi connectivity index (χ0) is 12.9. The van der Waals surface area contributed by atoms with Crippen molar-refractivity contribution in [3.63, 3.8) is 0 Å². The van der Waals surface area contributed by atoms with Gasteiger partial charge in [0.15, 0.2) is 5.06 Å². The van der Waals surface area contributed by atoms with E-state index in [0.29, 0.717) is 11.7 Å². The summed E-state index contributed by atoms with van der Waals surface area (Å²) in [5.41, 5.74) is 3.26. The van der Waals surface area contributed by atoms with Crippen molar-refractivity contribution >= 4 is 25.6 Å². The average molecular weight is 268 g/mol. The van der Waals surface area contributed by atoms with Crippen LogP contribution in [-0.4, -0.2) is 20.8 Å². The predicted molar refractivity (Wildman–Crippen MR) is 72.2 cm³/mol. The van der Waals surface area contributed by atoms with E-state index in [1.54, 1.807) is 13.0 Å². The third-order valence-electron chi connectivity index (χ3n) is 1.59. The Labute approximate surface area is 107 Å². The van der Waals surface area contributed by atoms with E-state index in [0.717, 1.165) is 4.88 Å². The Morgan fingerprint density at radius 1 is 1.41 bits per heavy atom. The molecule has 5 heteroatoms. The van der Waals surface area contributed by atoms with Crippen LogP contribution in [0.2, 0.25) is 19.6 Å². The van der Waals surface area contributed by atoms with E-state index >= 15 is 0 Å². The first-order valence-corrected chi connectivity index (χ1v) is 9.70. The Balaban J connectivity index is 2.65. The molecular formula is C12H16O3SSi. The molecule has 0 aromatic carbocycles. The van der Waals surface area contributed by atoms with Crippen molar-refractivity contribution in [3.05, 3.63) is 17.0 Å². The highest BCUT2D eigenvalue weighted by Gasteiger charge is 2.09. The summed E-state index contributed by atoms with van der Waals surface area (Å²) in [6.45, 7) is 8.60. The number of rotatable bonds is 2. The molecule has 0 aliphatic heterocycles. The summed E-state index contributed by atoms with van der Waals surface area (Å²) in [6, 6.07) is 3.59. The van der Waals surface area contributed by atoms with Crippen LogP contribution in [0.4, 0.5) is 4.79 Å². The molecule has 0 amide bonds. The molecule has 1 rings (SSSR count). The lowest BCUT2D eigenvalue weighted by Gasteiger charge is -2.02. The van der Waals surface area contributed by atoms with Gasteiger partial charge in [0, 0.05) is 0 Å². The Morgan fingerprint density at radius 2 is 2.12 bits per heavy atom. The summed E-state index contributed by atoms with van der Waals surface area (Å²) in [5, 5.41) is 0.517. The van der Waals surface area contributed by atoms with Gasteiger partial charge in [-0.1, -0.05) is 36.9 Å². The molecule has 3 nitrogen and oxygen atoms in total. The first kappa shape index (κ1) is 13.8. The van der Waals surface area contributed by atoms with Gasteiger partial charge in [-0.05, 0) is 19.1 Å². The van der Waals surface area contributed by atoms with Gasteiger partial charge in [-0.3, -0.25) is 0 Å². The summed E-state index contributed by atoms with van der Waals surface area (Å²) in [7, 11) is -1.36. The minimum Gasteiger partial charge on any atom is -0.434 e. The average Bonchev–Trinajstić information content (AvgIpc) is 2.62. The molecule has 0 N–H and O–H groups in total. The highest BCUT2D eigenvalue weighted by molar-refractivity contribution is 7.14. The monoisotopic (exact) mass is 268 g/mol. The summed E-state index contributed by atoms with van der Waals surface area (Å²) in [5.74, 6) is 3.11. The Kier molecular flexibility index (Phi) is 4.79. The lowest BCUT2D eigenvalue weighted by atomic mass is 10.5. The first-order chi connectivity index (χ1) is 7.90. The predicted octanol–water partition coefficient (Wildman–Crippen LogP) is 3.51. The van der Waals surface area contributed by atoms with Gasteiger partial charge in [-0.25, -0.2) is 4.79 Å². The summed E-state index contributed by atoms with van der Waals surface area (Å²) in [4.78, 5) is 12.0. The fourth-order valence-corrected chi connectivity index (χ4v) is 2.22. The Morgan fingerprint density at radius 3 is 2.71 bits per heavy atom. The third-order valence-corrected chi connectivity index (χ3v) is 3.34. The van der Waals surface area contributed by atoms with Crippen LogP contribution in [0.15, 0.2) is 12.1 Å². The van der Waals surface area contributed by atoms with E-state index in [1.165, 1.54) is 11.3 Å². The van der Waals surface area contributed by atoms with Crippen molar-refractivity contribution in [3.8, 4) is 16.5 Å².